The Hall–Kier alpha value is -4.19. The minimum absolute atomic E-state index is 0.248. The Morgan fingerprint density at radius 3 is 2.37 bits per heavy atom. The summed E-state index contributed by atoms with van der Waals surface area (Å²) in [5, 5.41) is 11.0. The normalized spacial score (nSPS) is 11.0. The summed E-state index contributed by atoms with van der Waals surface area (Å²) in [6, 6.07) is 23.8. The Morgan fingerprint density at radius 2 is 1.63 bits per heavy atom. The molecule has 3 aromatic heterocycles. The standard InChI is InChI=1S/C24H19N5O/c1-15-21(17-10-6-3-7-11-17)28-29-22(15)24(30)26-19-12-18-13-20(27-23(18)25-14-19)16-8-4-2-5-9-16/h2-14H,1H3,(H,25,27)(H,26,30)(H,28,29). The van der Waals surface area contributed by atoms with Gasteiger partial charge in [-0.05, 0) is 24.6 Å². The number of amides is 1. The van der Waals surface area contributed by atoms with Gasteiger partial charge in [0.2, 0.25) is 0 Å². The predicted molar refractivity (Wildman–Crippen MR) is 118 cm³/mol. The molecule has 0 radical (unpaired) electrons. The molecular formula is C24H19N5O. The van der Waals surface area contributed by atoms with E-state index < -0.39 is 0 Å². The molecule has 1 amide bonds. The number of benzene rings is 2. The molecule has 5 aromatic rings. The first kappa shape index (κ1) is 17.9. The first-order valence-corrected chi connectivity index (χ1v) is 9.65. The van der Waals surface area contributed by atoms with Crippen molar-refractivity contribution < 1.29 is 4.79 Å². The summed E-state index contributed by atoms with van der Waals surface area (Å²) in [5.74, 6) is -0.248. The van der Waals surface area contributed by atoms with E-state index in [1.54, 1.807) is 6.20 Å². The molecule has 3 N–H and O–H groups in total. The molecule has 0 fully saturated rings. The van der Waals surface area contributed by atoms with Crippen LogP contribution in [0, 0.1) is 6.92 Å². The van der Waals surface area contributed by atoms with Gasteiger partial charge in [0.05, 0.1) is 17.6 Å². The number of pyridine rings is 1. The fourth-order valence-corrected chi connectivity index (χ4v) is 3.55. The number of aromatic nitrogens is 4. The molecule has 0 saturated carbocycles. The van der Waals surface area contributed by atoms with Crippen LogP contribution in [0.2, 0.25) is 0 Å². The highest BCUT2D eigenvalue weighted by Gasteiger charge is 2.17. The number of anilines is 1. The number of nitrogens with one attached hydrogen (secondary N) is 3. The number of hydrogen-bond acceptors (Lipinski definition) is 3. The van der Waals surface area contributed by atoms with Gasteiger partial charge in [-0.25, -0.2) is 4.98 Å². The first-order chi connectivity index (χ1) is 14.7. The van der Waals surface area contributed by atoms with Gasteiger partial charge in [-0.3, -0.25) is 9.89 Å². The summed E-state index contributed by atoms with van der Waals surface area (Å²) >= 11 is 0. The highest BCUT2D eigenvalue weighted by molar-refractivity contribution is 6.05. The molecule has 0 unspecified atom stereocenters. The quantitative estimate of drug-likeness (QED) is 0.393. The maximum Gasteiger partial charge on any atom is 0.274 e. The van der Waals surface area contributed by atoms with Crippen molar-refractivity contribution in [2.24, 2.45) is 0 Å². The molecule has 146 valence electrons. The van der Waals surface area contributed by atoms with Crippen LogP contribution in [-0.4, -0.2) is 26.1 Å². The van der Waals surface area contributed by atoms with Crippen LogP contribution in [0.3, 0.4) is 0 Å². The fraction of sp³-hybridized carbons (Fsp3) is 0.0417. The third-order valence-corrected chi connectivity index (χ3v) is 5.10. The number of hydrogen-bond donors (Lipinski definition) is 3. The van der Waals surface area contributed by atoms with E-state index in [0.29, 0.717) is 11.4 Å². The Labute approximate surface area is 173 Å². The van der Waals surface area contributed by atoms with E-state index in [9.17, 15) is 4.79 Å². The summed E-state index contributed by atoms with van der Waals surface area (Å²) in [5.41, 5.74) is 6.45. The molecule has 2 aromatic carbocycles. The van der Waals surface area contributed by atoms with Gasteiger partial charge in [-0.2, -0.15) is 5.10 Å². The number of H-pyrrole nitrogens is 2. The highest BCUT2D eigenvalue weighted by atomic mass is 16.1. The smallest absolute Gasteiger partial charge is 0.274 e. The van der Waals surface area contributed by atoms with Crippen LogP contribution in [0.25, 0.3) is 33.5 Å². The van der Waals surface area contributed by atoms with E-state index in [-0.39, 0.29) is 5.91 Å². The highest BCUT2D eigenvalue weighted by Crippen LogP contribution is 2.26. The molecule has 0 aliphatic rings. The van der Waals surface area contributed by atoms with E-state index in [2.05, 4.69) is 25.5 Å². The van der Waals surface area contributed by atoms with Gasteiger partial charge in [0, 0.05) is 22.2 Å². The molecular weight excluding hydrogens is 374 g/mol. The van der Waals surface area contributed by atoms with Crippen LogP contribution in [0.4, 0.5) is 5.69 Å². The summed E-state index contributed by atoms with van der Waals surface area (Å²) in [7, 11) is 0. The molecule has 0 spiro atoms. The van der Waals surface area contributed by atoms with Crippen molar-refractivity contribution in [3.05, 3.63) is 90.3 Å². The van der Waals surface area contributed by atoms with Crippen molar-refractivity contribution in [3.8, 4) is 22.5 Å². The zero-order chi connectivity index (χ0) is 20.5. The Bertz CT molecular complexity index is 1340. The molecule has 3 heterocycles. The molecule has 5 rings (SSSR count). The second-order valence-electron chi connectivity index (χ2n) is 7.10. The van der Waals surface area contributed by atoms with Crippen molar-refractivity contribution in [2.75, 3.05) is 5.32 Å². The van der Waals surface area contributed by atoms with Gasteiger partial charge in [0.1, 0.15) is 11.3 Å². The molecule has 0 atom stereocenters. The molecule has 6 nitrogen and oxygen atoms in total. The summed E-state index contributed by atoms with van der Waals surface area (Å²) in [6.07, 6.45) is 1.65. The zero-order valence-electron chi connectivity index (χ0n) is 16.3. The predicted octanol–water partition coefficient (Wildman–Crippen LogP) is 5.18. The first-order valence-electron chi connectivity index (χ1n) is 9.65. The lowest BCUT2D eigenvalue weighted by molar-refractivity contribution is 0.102. The monoisotopic (exact) mass is 393 g/mol. The van der Waals surface area contributed by atoms with Crippen molar-refractivity contribution >= 4 is 22.6 Å². The number of carbonyl (C=O) groups excluding carboxylic acids is 1. The van der Waals surface area contributed by atoms with Gasteiger partial charge < -0.3 is 10.3 Å². The number of aromatic amines is 2. The molecule has 0 aliphatic heterocycles. The lowest BCUT2D eigenvalue weighted by Gasteiger charge is -2.04. The van der Waals surface area contributed by atoms with E-state index in [1.807, 2.05) is 79.7 Å². The van der Waals surface area contributed by atoms with Crippen LogP contribution in [-0.2, 0) is 0 Å². The third kappa shape index (κ3) is 3.24. The van der Waals surface area contributed by atoms with Crippen molar-refractivity contribution in [2.45, 2.75) is 6.92 Å². The van der Waals surface area contributed by atoms with Crippen molar-refractivity contribution in [3.63, 3.8) is 0 Å². The van der Waals surface area contributed by atoms with Crippen LogP contribution < -0.4 is 5.32 Å². The Kier molecular flexibility index (Phi) is 4.37. The SMILES string of the molecule is Cc1c(-c2ccccc2)n[nH]c1C(=O)Nc1cnc2[nH]c(-c3ccccc3)cc2c1. The van der Waals surface area contributed by atoms with Crippen LogP contribution >= 0.6 is 0 Å². The second-order valence-corrected chi connectivity index (χ2v) is 7.10. The molecule has 30 heavy (non-hydrogen) atoms. The molecule has 0 aliphatic carbocycles. The maximum absolute atomic E-state index is 12.8. The fourth-order valence-electron chi connectivity index (χ4n) is 3.55. The Balaban J connectivity index is 1.40. The van der Waals surface area contributed by atoms with Gasteiger partial charge in [-0.15, -0.1) is 0 Å². The number of carbonyl (C=O) groups is 1. The van der Waals surface area contributed by atoms with Crippen molar-refractivity contribution in [1.29, 1.82) is 0 Å². The van der Waals surface area contributed by atoms with Crippen LogP contribution in [0.5, 0.6) is 0 Å². The Morgan fingerprint density at radius 1 is 0.933 bits per heavy atom. The molecule has 6 heteroatoms. The largest absolute Gasteiger partial charge is 0.339 e. The van der Waals surface area contributed by atoms with E-state index in [0.717, 1.165) is 39.1 Å². The maximum atomic E-state index is 12.8. The van der Waals surface area contributed by atoms with Gasteiger partial charge in [0.25, 0.3) is 5.91 Å². The topological polar surface area (TPSA) is 86.5 Å². The summed E-state index contributed by atoms with van der Waals surface area (Å²) in [4.78, 5) is 20.6. The number of fused-ring (bicyclic) bond motifs is 1. The van der Waals surface area contributed by atoms with Gasteiger partial charge in [0.15, 0.2) is 0 Å². The van der Waals surface area contributed by atoms with Gasteiger partial charge >= 0.3 is 0 Å². The van der Waals surface area contributed by atoms with E-state index in [4.69, 9.17) is 0 Å². The average Bonchev–Trinajstić information content (AvgIpc) is 3.38. The van der Waals surface area contributed by atoms with Crippen LogP contribution in [0.1, 0.15) is 16.1 Å². The minimum atomic E-state index is -0.248. The molecule has 0 bridgehead atoms. The zero-order valence-corrected chi connectivity index (χ0v) is 16.3. The summed E-state index contributed by atoms with van der Waals surface area (Å²) < 4.78 is 0. The van der Waals surface area contributed by atoms with E-state index >= 15 is 0 Å². The second kappa shape index (κ2) is 7.33. The van der Waals surface area contributed by atoms with Crippen molar-refractivity contribution in [1.82, 2.24) is 20.2 Å². The number of rotatable bonds is 4. The average molecular weight is 393 g/mol. The number of nitrogens with zero attached hydrogens (tertiary/aromatic N) is 2. The third-order valence-electron chi connectivity index (χ3n) is 5.10. The van der Waals surface area contributed by atoms with E-state index in [1.165, 1.54) is 0 Å². The minimum Gasteiger partial charge on any atom is -0.339 e. The summed E-state index contributed by atoms with van der Waals surface area (Å²) in [6.45, 7) is 1.89. The lowest BCUT2D eigenvalue weighted by atomic mass is 10.1. The van der Waals surface area contributed by atoms with Gasteiger partial charge in [-0.1, -0.05) is 60.7 Å². The van der Waals surface area contributed by atoms with Crippen LogP contribution in [0.15, 0.2) is 79.0 Å². The lowest BCUT2D eigenvalue weighted by Crippen LogP contribution is -2.13. The molecule has 0 saturated heterocycles.